The highest BCUT2D eigenvalue weighted by Crippen LogP contribution is 2.35. The highest BCUT2D eigenvalue weighted by molar-refractivity contribution is 5.86. The average molecular weight is 230 g/mol. The second-order valence-corrected chi connectivity index (χ2v) is 4.66. The van der Waals surface area contributed by atoms with Crippen molar-refractivity contribution in [2.24, 2.45) is 0 Å². The monoisotopic (exact) mass is 230 g/mol. The summed E-state index contributed by atoms with van der Waals surface area (Å²) < 4.78 is 5.27. The Morgan fingerprint density at radius 3 is 3.06 bits per heavy atom. The van der Waals surface area contributed by atoms with Gasteiger partial charge in [0.05, 0.1) is 7.11 Å². The van der Waals surface area contributed by atoms with Crippen LogP contribution in [0.4, 0.5) is 0 Å². The first kappa shape index (κ1) is 10.7. The van der Waals surface area contributed by atoms with Gasteiger partial charge in [0.1, 0.15) is 5.75 Å². The van der Waals surface area contributed by atoms with Gasteiger partial charge in [0.2, 0.25) is 0 Å². The average Bonchev–Trinajstić information content (AvgIpc) is 2.75. The minimum atomic E-state index is 0.470. The predicted molar refractivity (Wildman–Crippen MR) is 69.6 cm³/mol. The van der Waals surface area contributed by atoms with Gasteiger partial charge in [0, 0.05) is 28.7 Å². The van der Waals surface area contributed by atoms with Crippen LogP contribution in [-0.2, 0) is 6.42 Å². The SMILES string of the molecule is CNC1CCCc2c1[nH]c1cc(OC)ccc21. The van der Waals surface area contributed by atoms with Crippen molar-refractivity contribution < 1.29 is 4.74 Å². The number of nitrogens with one attached hydrogen (secondary N) is 2. The lowest BCUT2D eigenvalue weighted by Gasteiger charge is -2.21. The quantitative estimate of drug-likeness (QED) is 0.832. The molecule has 0 radical (unpaired) electrons. The smallest absolute Gasteiger partial charge is 0.120 e. The molecule has 17 heavy (non-hydrogen) atoms. The largest absolute Gasteiger partial charge is 0.497 e. The zero-order chi connectivity index (χ0) is 11.8. The standard InChI is InChI=1S/C14H18N2O/c1-15-12-5-3-4-11-10-7-6-9(17-2)8-13(10)16-14(11)12/h6-8,12,15-16H,3-5H2,1-2H3. The molecule has 90 valence electrons. The van der Waals surface area contributed by atoms with Crippen molar-refractivity contribution in [1.82, 2.24) is 10.3 Å². The Labute approximate surface area is 101 Å². The lowest BCUT2D eigenvalue weighted by Crippen LogP contribution is -2.21. The van der Waals surface area contributed by atoms with Crippen molar-refractivity contribution >= 4 is 10.9 Å². The molecular formula is C14H18N2O. The number of hydrogen-bond acceptors (Lipinski definition) is 2. The summed E-state index contributed by atoms with van der Waals surface area (Å²) in [4.78, 5) is 3.55. The van der Waals surface area contributed by atoms with Gasteiger partial charge in [-0.3, -0.25) is 0 Å². The molecule has 0 saturated carbocycles. The van der Waals surface area contributed by atoms with Gasteiger partial charge in [-0.1, -0.05) is 0 Å². The third kappa shape index (κ3) is 1.62. The maximum atomic E-state index is 5.27. The molecule has 1 unspecified atom stereocenters. The number of hydrogen-bond donors (Lipinski definition) is 2. The number of H-pyrrole nitrogens is 1. The molecule has 0 amide bonds. The van der Waals surface area contributed by atoms with Crippen LogP contribution in [0.1, 0.15) is 30.1 Å². The second kappa shape index (κ2) is 4.08. The van der Waals surface area contributed by atoms with Crippen LogP contribution in [0, 0.1) is 0 Å². The molecule has 1 aliphatic rings. The normalized spacial score (nSPS) is 19.3. The van der Waals surface area contributed by atoms with Crippen molar-refractivity contribution in [3.63, 3.8) is 0 Å². The first-order valence-corrected chi connectivity index (χ1v) is 6.19. The Bertz CT molecular complexity index is 544. The van der Waals surface area contributed by atoms with E-state index in [-0.39, 0.29) is 0 Å². The van der Waals surface area contributed by atoms with Gasteiger partial charge in [0.25, 0.3) is 0 Å². The Morgan fingerprint density at radius 1 is 1.41 bits per heavy atom. The number of aryl methyl sites for hydroxylation is 1. The van der Waals surface area contributed by atoms with E-state index in [9.17, 15) is 0 Å². The first-order valence-electron chi connectivity index (χ1n) is 6.19. The number of aromatic amines is 1. The molecule has 3 heteroatoms. The lowest BCUT2D eigenvalue weighted by atomic mass is 9.92. The fraction of sp³-hybridized carbons (Fsp3) is 0.429. The first-order chi connectivity index (χ1) is 8.33. The van der Waals surface area contributed by atoms with Crippen LogP contribution in [0.5, 0.6) is 5.75 Å². The Balaban J connectivity index is 2.18. The predicted octanol–water partition coefficient (Wildman–Crippen LogP) is 2.77. The highest BCUT2D eigenvalue weighted by atomic mass is 16.5. The van der Waals surface area contributed by atoms with E-state index < -0.39 is 0 Å². The molecular weight excluding hydrogens is 212 g/mol. The van der Waals surface area contributed by atoms with Gasteiger partial charge in [0.15, 0.2) is 0 Å². The van der Waals surface area contributed by atoms with Crippen molar-refractivity contribution in [3.05, 3.63) is 29.5 Å². The molecule has 1 heterocycles. The maximum absolute atomic E-state index is 5.27. The molecule has 1 aromatic carbocycles. The third-order valence-corrected chi connectivity index (χ3v) is 3.76. The number of ether oxygens (including phenoxy) is 1. The van der Waals surface area contributed by atoms with Gasteiger partial charge in [-0.2, -0.15) is 0 Å². The molecule has 3 rings (SSSR count). The number of fused-ring (bicyclic) bond motifs is 3. The summed E-state index contributed by atoms with van der Waals surface area (Å²) in [7, 11) is 3.74. The minimum Gasteiger partial charge on any atom is -0.497 e. The summed E-state index contributed by atoms with van der Waals surface area (Å²) in [6, 6.07) is 6.76. The van der Waals surface area contributed by atoms with Crippen LogP contribution in [0.2, 0.25) is 0 Å². The molecule has 1 aromatic heterocycles. The van der Waals surface area contributed by atoms with Crippen LogP contribution in [-0.4, -0.2) is 19.1 Å². The van der Waals surface area contributed by atoms with E-state index in [0.29, 0.717) is 6.04 Å². The summed E-state index contributed by atoms with van der Waals surface area (Å²) in [5.74, 6) is 0.914. The number of aromatic nitrogens is 1. The van der Waals surface area contributed by atoms with Crippen LogP contribution in [0.15, 0.2) is 18.2 Å². The number of benzene rings is 1. The van der Waals surface area contributed by atoms with E-state index in [0.717, 1.165) is 5.75 Å². The summed E-state index contributed by atoms with van der Waals surface area (Å²) >= 11 is 0. The zero-order valence-corrected chi connectivity index (χ0v) is 10.3. The second-order valence-electron chi connectivity index (χ2n) is 4.66. The molecule has 2 N–H and O–H groups in total. The number of methoxy groups -OCH3 is 1. The fourth-order valence-corrected chi connectivity index (χ4v) is 2.87. The van der Waals surface area contributed by atoms with E-state index in [2.05, 4.69) is 22.4 Å². The van der Waals surface area contributed by atoms with Crippen molar-refractivity contribution in [3.8, 4) is 5.75 Å². The fourth-order valence-electron chi connectivity index (χ4n) is 2.87. The van der Waals surface area contributed by atoms with E-state index in [4.69, 9.17) is 4.74 Å². The molecule has 0 saturated heterocycles. The summed E-state index contributed by atoms with van der Waals surface area (Å²) in [5, 5.41) is 4.74. The topological polar surface area (TPSA) is 37.0 Å². The van der Waals surface area contributed by atoms with E-state index >= 15 is 0 Å². The van der Waals surface area contributed by atoms with E-state index in [1.54, 1.807) is 7.11 Å². The Morgan fingerprint density at radius 2 is 2.29 bits per heavy atom. The van der Waals surface area contributed by atoms with Gasteiger partial charge in [-0.05, 0) is 44.0 Å². The van der Waals surface area contributed by atoms with Crippen LogP contribution in [0.25, 0.3) is 10.9 Å². The third-order valence-electron chi connectivity index (χ3n) is 3.76. The van der Waals surface area contributed by atoms with Crippen LogP contribution in [0.3, 0.4) is 0 Å². The Kier molecular flexibility index (Phi) is 2.56. The number of rotatable bonds is 2. The maximum Gasteiger partial charge on any atom is 0.120 e. The molecule has 3 nitrogen and oxygen atoms in total. The summed E-state index contributed by atoms with van der Waals surface area (Å²) in [5.41, 5.74) is 4.03. The molecule has 0 bridgehead atoms. The molecule has 1 atom stereocenters. The van der Waals surface area contributed by atoms with Gasteiger partial charge in [-0.15, -0.1) is 0 Å². The molecule has 2 aromatic rings. The Hall–Kier alpha value is -1.48. The van der Waals surface area contributed by atoms with Crippen molar-refractivity contribution in [2.45, 2.75) is 25.3 Å². The van der Waals surface area contributed by atoms with Crippen molar-refractivity contribution in [2.75, 3.05) is 14.2 Å². The van der Waals surface area contributed by atoms with Gasteiger partial charge >= 0.3 is 0 Å². The summed E-state index contributed by atoms with van der Waals surface area (Å²) in [6.45, 7) is 0. The van der Waals surface area contributed by atoms with Crippen LogP contribution >= 0.6 is 0 Å². The molecule has 0 fully saturated rings. The van der Waals surface area contributed by atoms with Crippen LogP contribution < -0.4 is 10.1 Å². The lowest BCUT2D eigenvalue weighted by molar-refractivity contribution is 0.415. The minimum absolute atomic E-state index is 0.470. The van der Waals surface area contributed by atoms with E-state index in [1.165, 1.54) is 41.4 Å². The highest BCUT2D eigenvalue weighted by Gasteiger charge is 2.22. The summed E-state index contributed by atoms with van der Waals surface area (Å²) in [6.07, 6.45) is 3.66. The molecule has 0 aliphatic heterocycles. The van der Waals surface area contributed by atoms with Gasteiger partial charge in [-0.25, -0.2) is 0 Å². The van der Waals surface area contributed by atoms with Crippen molar-refractivity contribution in [1.29, 1.82) is 0 Å². The van der Waals surface area contributed by atoms with E-state index in [1.807, 2.05) is 13.1 Å². The van der Waals surface area contributed by atoms with Gasteiger partial charge < -0.3 is 15.0 Å². The zero-order valence-electron chi connectivity index (χ0n) is 10.3. The molecule has 0 spiro atoms. The molecule has 1 aliphatic carbocycles.